The quantitative estimate of drug-likeness (QED) is 0.491. The number of allylic oxidation sites excluding steroid dienone is 8. The van der Waals surface area contributed by atoms with E-state index in [1.165, 1.54) is 0 Å². The lowest BCUT2D eigenvalue weighted by Gasteiger charge is -1.85. The molecule has 0 aromatic rings. The molecule has 0 radical (unpaired) electrons. The highest BCUT2D eigenvalue weighted by Crippen LogP contribution is 1.98. The van der Waals surface area contributed by atoms with Gasteiger partial charge in [0.15, 0.2) is 0 Å². The predicted molar refractivity (Wildman–Crippen MR) is 41.1 cm³/mol. The standard InChI is InChI=1S/C9H7N/c10-8-9-6-4-2-1-3-5-7-9/h1-7H/b2-1-,3-1?,4-2?,5-3-,6-4-,7-5?,9-6?,9-7+. The Balaban J connectivity index is 2.86. The first kappa shape index (κ1) is 6.57. The first-order valence-corrected chi connectivity index (χ1v) is 3.05. The largest absolute Gasteiger partial charge is 0.192 e. The molecular formula is C9H7N. The molecule has 0 spiro atoms. The molecule has 0 atom stereocenters. The van der Waals surface area contributed by atoms with Gasteiger partial charge in [-0.1, -0.05) is 30.4 Å². The molecule has 1 aliphatic carbocycles. The van der Waals surface area contributed by atoms with Gasteiger partial charge in [-0.15, -0.1) is 0 Å². The van der Waals surface area contributed by atoms with Crippen LogP contribution in [0.25, 0.3) is 0 Å². The van der Waals surface area contributed by atoms with E-state index >= 15 is 0 Å². The maximum absolute atomic E-state index is 8.48. The van der Waals surface area contributed by atoms with Crippen molar-refractivity contribution in [1.82, 2.24) is 0 Å². The summed E-state index contributed by atoms with van der Waals surface area (Å²) in [6.45, 7) is 0. The zero-order valence-corrected chi connectivity index (χ0v) is 5.49. The molecule has 0 aromatic carbocycles. The van der Waals surface area contributed by atoms with E-state index in [4.69, 9.17) is 5.26 Å². The van der Waals surface area contributed by atoms with Crippen molar-refractivity contribution in [3.63, 3.8) is 0 Å². The summed E-state index contributed by atoms with van der Waals surface area (Å²) in [5, 5.41) is 8.48. The molecule has 1 aliphatic rings. The number of nitriles is 1. The molecule has 48 valence electrons. The minimum atomic E-state index is 0.681. The molecule has 1 rings (SSSR count). The topological polar surface area (TPSA) is 23.8 Å². The van der Waals surface area contributed by atoms with Crippen molar-refractivity contribution in [1.29, 1.82) is 5.26 Å². The van der Waals surface area contributed by atoms with Gasteiger partial charge in [-0.2, -0.15) is 5.26 Å². The van der Waals surface area contributed by atoms with Crippen LogP contribution in [0.1, 0.15) is 0 Å². The lowest BCUT2D eigenvalue weighted by atomic mass is 10.2. The van der Waals surface area contributed by atoms with E-state index < -0.39 is 0 Å². The summed E-state index contributed by atoms with van der Waals surface area (Å²) in [5.41, 5.74) is 0.681. The van der Waals surface area contributed by atoms with Gasteiger partial charge in [-0.3, -0.25) is 0 Å². The molecule has 0 saturated heterocycles. The van der Waals surface area contributed by atoms with Crippen molar-refractivity contribution < 1.29 is 0 Å². The lowest BCUT2D eigenvalue weighted by molar-refractivity contribution is 1.49. The van der Waals surface area contributed by atoms with E-state index in [0.717, 1.165) is 0 Å². The fraction of sp³-hybridized carbons (Fsp3) is 0. The molecule has 0 aromatic heterocycles. The van der Waals surface area contributed by atoms with Crippen LogP contribution in [0.3, 0.4) is 0 Å². The van der Waals surface area contributed by atoms with E-state index in [-0.39, 0.29) is 0 Å². The molecule has 0 fully saturated rings. The Bertz CT molecular complexity index is 259. The minimum absolute atomic E-state index is 0.681. The first-order chi connectivity index (χ1) is 4.93. The Morgan fingerprint density at radius 2 is 1.70 bits per heavy atom. The third-order valence-electron chi connectivity index (χ3n) is 1.13. The van der Waals surface area contributed by atoms with Crippen LogP contribution in [0, 0.1) is 11.3 Å². The molecule has 0 amide bonds. The zero-order chi connectivity index (χ0) is 7.23. The number of hydrogen-bond acceptors (Lipinski definition) is 1. The average Bonchev–Trinajstić information content (AvgIpc) is 1.87. The highest BCUT2D eigenvalue weighted by molar-refractivity contribution is 5.39. The van der Waals surface area contributed by atoms with Crippen LogP contribution in [0.2, 0.25) is 0 Å². The van der Waals surface area contributed by atoms with Crippen molar-refractivity contribution in [2.24, 2.45) is 0 Å². The third kappa shape index (κ3) is 1.75. The van der Waals surface area contributed by atoms with Gasteiger partial charge < -0.3 is 0 Å². The van der Waals surface area contributed by atoms with E-state index in [1.807, 2.05) is 30.4 Å². The normalized spacial score (nSPS) is 30.1. The number of rotatable bonds is 0. The summed E-state index contributed by atoms with van der Waals surface area (Å²) in [4.78, 5) is 0. The summed E-state index contributed by atoms with van der Waals surface area (Å²) >= 11 is 0. The number of hydrogen-bond donors (Lipinski definition) is 0. The van der Waals surface area contributed by atoms with Crippen molar-refractivity contribution in [3.8, 4) is 6.07 Å². The second-order valence-corrected chi connectivity index (χ2v) is 1.86. The van der Waals surface area contributed by atoms with Crippen molar-refractivity contribution in [3.05, 3.63) is 48.1 Å². The molecule has 1 heteroatoms. The highest BCUT2D eigenvalue weighted by Gasteiger charge is 1.84. The zero-order valence-electron chi connectivity index (χ0n) is 5.49. The van der Waals surface area contributed by atoms with Gasteiger partial charge in [0.05, 0.1) is 11.6 Å². The first-order valence-electron chi connectivity index (χ1n) is 3.05. The monoisotopic (exact) mass is 129 g/mol. The van der Waals surface area contributed by atoms with Gasteiger partial charge in [0, 0.05) is 0 Å². The van der Waals surface area contributed by atoms with Gasteiger partial charge in [-0.25, -0.2) is 0 Å². The van der Waals surface area contributed by atoms with E-state index in [0.29, 0.717) is 5.57 Å². The van der Waals surface area contributed by atoms with Crippen LogP contribution in [0.5, 0.6) is 0 Å². The Morgan fingerprint density at radius 3 is 2.50 bits per heavy atom. The molecule has 0 N–H and O–H groups in total. The second-order valence-electron chi connectivity index (χ2n) is 1.86. The van der Waals surface area contributed by atoms with Crippen LogP contribution >= 0.6 is 0 Å². The predicted octanol–water partition coefficient (Wildman–Crippen LogP) is 2.12. The average molecular weight is 129 g/mol. The molecule has 10 heavy (non-hydrogen) atoms. The van der Waals surface area contributed by atoms with Crippen molar-refractivity contribution in [2.75, 3.05) is 0 Å². The summed E-state index contributed by atoms with van der Waals surface area (Å²) in [6.07, 6.45) is 12.9. The second kappa shape index (κ2) is 3.47. The maximum atomic E-state index is 8.48. The molecular weight excluding hydrogens is 122 g/mol. The number of nitrogens with zero attached hydrogens (tertiary/aromatic N) is 1. The van der Waals surface area contributed by atoms with Gasteiger partial charge in [0.1, 0.15) is 0 Å². The fourth-order valence-electron chi connectivity index (χ4n) is 0.641. The van der Waals surface area contributed by atoms with Crippen LogP contribution in [-0.4, -0.2) is 0 Å². The third-order valence-corrected chi connectivity index (χ3v) is 1.13. The molecule has 0 bridgehead atoms. The molecule has 0 unspecified atom stereocenters. The Hall–Kier alpha value is -1.55. The summed E-state index contributed by atoms with van der Waals surface area (Å²) in [5.74, 6) is 0. The molecule has 0 heterocycles. The summed E-state index contributed by atoms with van der Waals surface area (Å²) < 4.78 is 0. The molecule has 0 saturated carbocycles. The minimum Gasteiger partial charge on any atom is -0.192 e. The van der Waals surface area contributed by atoms with Crippen molar-refractivity contribution in [2.45, 2.75) is 0 Å². The summed E-state index contributed by atoms with van der Waals surface area (Å²) in [7, 11) is 0. The van der Waals surface area contributed by atoms with Gasteiger partial charge >= 0.3 is 0 Å². The van der Waals surface area contributed by atoms with E-state index in [2.05, 4.69) is 6.07 Å². The summed E-state index contributed by atoms with van der Waals surface area (Å²) in [6, 6.07) is 2.06. The van der Waals surface area contributed by atoms with Crippen LogP contribution in [0.4, 0.5) is 0 Å². The van der Waals surface area contributed by atoms with Gasteiger partial charge in [-0.05, 0) is 12.2 Å². The van der Waals surface area contributed by atoms with Crippen LogP contribution in [-0.2, 0) is 0 Å². The highest BCUT2D eigenvalue weighted by atomic mass is 14.2. The Kier molecular flexibility index (Phi) is 2.28. The van der Waals surface area contributed by atoms with E-state index in [1.54, 1.807) is 12.2 Å². The smallest absolute Gasteiger partial charge is 0.0991 e. The van der Waals surface area contributed by atoms with Crippen molar-refractivity contribution >= 4 is 0 Å². The van der Waals surface area contributed by atoms with Crippen LogP contribution < -0.4 is 0 Å². The van der Waals surface area contributed by atoms with Crippen LogP contribution in [0.15, 0.2) is 48.1 Å². The molecule has 1 nitrogen and oxygen atoms in total. The SMILES string of the molecule is N#CC1=C/C=C\C=C/C=C\1. The van der Waals surface area contributed by atoms with Gasteiger partial charge in [0.25, 0.3) is 0 Å². The Labute approximate surface area is 60.3 Å². The van der Waals surface area contributed by atoms with Gasteiger partial charge in [0.2, 0.25) is 0 Å². The Morgan fingerprint density at radius 1 is 1.00 bits per heavy atom. The fourth-order valence-corrected chi connectivity index (χ4v) is 0.641. The molecule has 0 aliphatic heterocycles. The maximum Gasteiger partial charge on any atom is 0.0991 e. The van der Waals surface area contributed by atoms with E-state index in [9.17, 15) is 0 Å². The lowest BCUT2D eigenvalue weighted by Crippen LogP contribution is -1.70.